The number of nitrogens with zero attached hydrogens (tertiary/aromatic N) is 4. The largest absolute Gasteiger partial charge is 0.321 e. The third kappa shape index (κ3) is 2.90. The van der Waals surface area contributed by atoms with Crippen molar-refractivity contribution in [2.45, 2.75) is 0 Å². The number of benzene rings is 1. The first-order valence-corrected chi connectivity index (χ1v) is 7.61. The van der Waals surface area contributed by atoms with E-state index in [0.29, 0.717) is 11.6 Å². The molecule has 0 unspecified atom stereocenters. The number of anilines is 2. The molecule has 0 saturated heterocycles. The number of aromatic nitrogens is 4. The predicted molar refractivity (Wildman–Crippen MR) is 93.4 cm³/mol. The van der Waals surface area contributed by atoms with Crippen molar-refractivity contribution in [2.75, 3.05) is 5.32 Å². The highest BCUT2D eigenvalue weighted by molar-refractivity contribution is 5.90. The third-order valence-electron chi connectivity index (χ3n) is 3.68. The normalized spacial score (nSPS) is 10.7. The summed E-state index contributed by atoms with van der Waals surface area (Å²) in [6.07, 6.45) is 1.48. The van der Waals surface area contributed by atoms with Crippen molar-refractivity contribution < 1.29 is 4.79 Å². The van der Waals surface area contributed by atoms with Crippen molar-refractivity contribution in [1.82, 2.24) is 25.3 Å². The summed E-state index contributed by atoms with van der Waals surface area (Å²) in [5.74, 6) is -0.389. The Morgan fingerprint density at radius 3 is 2.56 bits per heavy atom. The van der Waals surface area contributed by atoms with Crippen molar-refractivity contribution >= 4 is 23.2 Å². The van der Waals surface area contributed by atoms with E-state index >= 15 is 0 Å². The second kappa shape index (κ2) is 6.04. The first kappa shape index (κ1) is 14.8. The SMILES string of the molecule is [NH]C(=O)c1ccc(Nc2nc3cccc(-c4ccccc4)n3n2)cn1. The summed E-state index contributed by atoms with van der Waals surface area (Å²) in [5.41, 5.74) is 10.5. The lowest BCUT2D eigenvalue weighted by Crippen LogP contribution is -2.02. The van der Waals surface area contributed by atoms with Gasteiger partial charge in [0, 0.05) is 5.56 Å². The second-order valence-corrected chi connectivity index (χ2v) is 5.37. The van der Waals surface area contributed by atoms with Crippen molar-refractivity contribution in [3.63, 3.8) is 0 Å². The molecule has 4 rings (SSSR count). The minimum absolute atomic E-state index is 0.0971. The van der Waals surface area contributed by atoms with E-state index in [2.05, 4.69) is 20.4 Å². The van der Waals surface area contributed by atoms with Crippen LogP contribution in [0.25, 0.3) is 16.9 Å². The van der Waals surface area contributed by atoms with Crippen LogP contribution in [0.2, 0.25) is 0 Å². The lowest BCUT2D eigenvalue weighted by molar-refractivity contribution is 0.0987. The first-order valence-electron chi connectivity index (χ1n) is 7.61. The molecule has 3 aromatic heterocycles. The van der Waals surface area contributed by atoms with Gasteiger partial charge in [-0.25, -0.2) is 9.50 Å². The van der Waals surface area contributed by atoms with Gasteiger partial charge in [-0.2, -0.15) is 4.98 Å². The maximum Gasteiger partial charge on any atom is 0.288 e. The minimum atomic E-state index is -0.815. The Bertz CT molecular complexity index is 1040. The fourth-order valence-electron chi connectivity index (χ4n) is 2.52. The number of rotatable bonds is 4. The lowest BCUT2D eigenvalue weighted by Gasteiger charge is -2.03. The fraction of sp³-hybridized carbons (Fsp3) is 0. The highest BCUT2D eigenvalue weighted by Gasteiger charge is 2.09. The molecule has 2 N–H and O–H groups in total. The molecule has 1 amide bonds. The summed E-state index contributed by atoms with van der Waals surface area (Å²) in [4.78, 5) is 19.4. The van der Waals surface area contributed by atoms with Gasteiger partial charge < -0.3 is 5.32 Å². The van der Waals surface area contributed by atoms with Crippen LogP contribution < -0.4 is 11.1 Å². The van der Waals surface area contributed by atoms with Crippen LogP contribution in [0.15, 0.2) is 66.9 Å². The zero-order chi connectivity index (χ0) is 17.2. The Morgan fingerprint density at radius 2 is 1.84 bits per heavy atom. The summed E-state index contributed by atoms with van der Waals surface area (Å²) < 4.78 is 1.77. The molecule has 0 atom stereocenters. The minimum Gasteiger partial charge on any atom is -0.321 e. The first-order chi connectivity index (χ1) is 12.2. The van der Waals surface area contributed by atoms with Gasteiger partial charge in [0.05, 0.1) is 17.6 Å². The van der Waals surface area contributed by atoms with Gasteiger partial charge in [0.2, 0.25) is 5.95 Å². The molecule has 0 aliphatic heterocycles. The number of amides is 1. The van der Waals surface area contributed by atoms with Crippen LogP contribution in [0.3, 0.4) is 0 Å². The van der Waals surface area contributed by atoms with Gasteiger partial charge in [-0.1, -0.05) is 36.4 Å². The predicted octanol–water partition coefficient (Wildman–Crippen LogP) is 2.96. The average molecular weight is 329 g/mol. The molecule has 1 aromatic carbocycles. The number of carbonyl (C=O) groups excluding carboxylic acids is 1. The molecule has 121 valence electrons. The Labute approximate surface area is 143 Å². The van der Waals surface area contributed by atoms with Crippen LogP contribution in [-0.2, 0) is 0 Å². The summed E-state index contributed by atoms with van der Waals surface area (Å²) in [6.45, 7) is 0. The molecule has 7 heteroatoms. The smallest absolute Gasteiger partial charge is 0.288 e. The van der Waals surface area contributed by atoms with Crippen molar-refractivity contribution in [2.24, 2.45) is 0 Å². The Balaban J connectivity index is 1.69. The summed E-state index contributed by atoms with van der Waals surface area (Å²) in [5, 5.41) is 7.56. The number of nitrogens with one attached hydrogen (secondary N) is 2. The Morgan fingerprint density at radius 1 is 1.00 bits per heavy atom. The molecule has 7 nitrogen and oxygen atoms in total. The number of hydrogen-bond acceptors (Lipinski definition) is 5. The van der Waals surface area contributed by atoms with Crippen molar-refractivity contribution in [3.05, 3.63) is 72.6 Å². The summed E-state index contributed by atoms with van der Waals surface area (Å²) in [7, 11) is 0. The maximum absolute atomic E-state index is 11.0. The molecule has 0 aliphatic carbocycles. The second-order valence-electron chi connectivity index (χ2n) is 5.37. The summed E-state index contributed by atoms with van der Waals surface area (Å²) in [6, 6.07) is 18.9. The van der Waals surface area contributed by atoms with E-state index in [1.165, 1.54) is 12.3 Å². The zero-order valence-corrected chi connectivity index (χ0v) is 13.0. The Hall–Kier alpha value is -3.74. The monoisotopic (exact) mass is 329 g/mol. The van der Waals surface area contributed by atoms with E-state index in [4.69, 9.17) is 5.73 Å². The molecule has 0 fully saturated rings. The summed E-state index contributed by atoms with van der Waals surface area (Å²) >= 11 is 0. The fourth-order valence-corrected chi connectivity index (χ4v) is 2.52. The molecule has 0 saturated carbocycles. The van der Waals surface area contributed by atoms with Crippen molar-refractivity contribution in [3.8, 4) is 11.3 Å². The number of carbonyl (C=O) groups is 1. The molecule has 4 aromatic rings. The van der Waals surface area contributed by atoms with Gasteiger partial charge in [-0.3, -0.25) is 10.5 Å². The number of hydrogen-bond donors (Lipinski definition) is 1. The quantitative estimate of drug-likeness (QED) is 0.621. The number of pyridine rings is 2. The zero-order valence-electron chi connectivity index (χ0n) is 13.0. The van der Waals surface area contributed by atoms with Gasteiger partial charge in [-0.05, 0) is 24.3 Å². The van der Waals surface area contributed by atoms with Crippen LogP contribution in [0.1, 0.15) is 10.5 Å². The molecule has 0 spiro atoms. The van der Waals surface area contributed by atoms with Gasteiger partial charge in [0.1, 0.15) is 5.69 Å². The molecular weight excluding hydrogens is 316 g/mol. The molecule has 0 aliphatic rings. The molecule has 1 radical (unpaired) electrons. The van der Waals surface area contributed by atoms with Crippen LogP contribution >= 0.6 is 0 Å². The Kier molecular flexibility index (Phi) is 3.59. The molecular formula is C18H13N6O. The van der Waals surface area contributed by atoms with E-state index in [-0.39, 0.29) is 5.69 Å². The van der Waals surface area contributed by atoms with E-state index in [9.17, 15) is 4.79 Å². The van der Waals surface area contributed by atoms with Crippen LogP contribution in [0.4, 0.5) is 11.6 Å². The standard InChI is InChI=1S/C18H13N6O/c19-17(25)14-10-9-13(11-20-14)21-18-22-16-8-4-7-15(24(16)23-18)12-5-2-1-3-6-12/h1-11,19H,(H,21,23). The van der Waals surface area contributed by atoms with E-state index in [0.717, 1.165) is 16.9 Å². The van der Waals surface area contributed by atoms with E-state index in [1.807, 2.05) is 48.5 Å². The van der Waals surface area contributed by atoms with Crippen LogP contribution in [0.5, 0.6) is 0 Å². The topological polar surface area (TPSA) is 96.0 Å². The maximum atomic E-state index is 11.0. The average Bonchev–Trinajstić information content (AvgIpc) is 3.05. The van der Waals surface area contributed by atoms with Crippen LogP contribution in [-0.4, -0.2) is 25.5 Å². The van der Waals surface area contributed by atoms with Gasteiger partial charge in [0.15, 0.2) is 5.65 Å². The van der Waals surface area contributed by atoms with E-state index in [1.54, 1.807) is 10.6 Å². The van der Waals surface area contributed by atoms with Gasteiger partial charge in [-0.15, -0.1) is 5.10 Å². The number of fused-ring (bicyclic) bond motifs is 1. The third-order valence-corrected chi connectivity index (χ3v) is 3.68. The van der Waals surface area contributed by atoms with Crippen molar-refractivity contribution in [1.29, 1.82) is 0 Å². The highest BCUT2D eigenvalue weighted by atomic mass is 16.1. The lowest BCUT2D eigenvalue weighted by atomic mass is 10.1. The highest BCUT2D eigenvalue weighted by Crippen LogP contribution is 2.21. The van der Waals surface area contributed by atoms with Gasteiger partial charge in [0.25, 0.3) is 5.91 Å². The van der Waals surface area contributed by atoms with E-state index < -0.39 is 5.91 Å². The molecule has 25 heavy (non-hydrogen) atoms. The van der Waals surface area contributed by atoms with Gasteiger partial charge >= 0.3 is 0 Å². The van der Waals surface area contributed by atoms with Crippen LogP contribution in [0, 0.1) is 0 Å². The molecule has 3 heterocycles. The molecule has 0 bridgehead atoms.